The molecule has 6 heteroatoms. The van der Waals surface area contributed by atoms with Crippen molar-refractivity contribution in [3.8, 4) is 0 Å². The predicted molar refractivity (Wildman–Crippen MR) is 127 cm³/mol. The van der Waals surface area contributed by atoms with Crippen molar-refractivity contribution in [3.63, 3.8) is 0 Å². The number of esters is 2. The summed E-state index contributed by atoms with van der Waals surface area (Å²) in [5.41, 5.74) is -0.413. The van der Waals surface area contributed by atoms with E-state index in [1.54, 1.807) is 13.8 Å². The molecule has 6 nitrogen and oxygen atoms in total. The van der Waals surface area contributed by atoms with E-state index in [2.05, 4.69) is 20.8 Å². The van der Waals surface area contributed by atoms with Crippen molar-refractivity contribution in [2.24, 2.45) is 34.5 Å². The third kappa shape index (κ3) is 3.58. The number of hydrogen-bond acceptors (Lipinski definition) is 6. The van der Waals surface area contributed by atoms with Crippen molar-refractivity contribution < 1.29 is 28.7 Å². The number of Topliss-reactive ketones (excluding diaryl/α,β-unsaturated/α-hetero) is 1. The van der Waals surface area contributed by atoms with Crippen molar-refractivity contribution in [3.05, 3.63) is 11.6 Å². The van der Waals surface area contributed by atoms with E-state index in [0.717, 1.165) is 32.1 Å². The fourth-order valence-corrected chi connectivity index (χ4v) is 8.25. The first-order valence-electron chi connectivity index (χ1n) is 13.2. The highest BCUT2D eigenvalue weighted by Crippen LogP contribution is 2.69. The van der Waals surface area contributed by atoms with Gasteiger partial charge in [-0.25, -0.2) is 0 Å². The molecule has 0 aromatic rings. The minimum atomic E-state index is -1.24. The molecular formula is C28H40O6. The van der Waals surface area contributed by atoms with Crippen LogP contribution < -0.4 is 0 Å². The second kappa shape index (κ2) is 8.91. The Morgan fingerprint density at radius 1 is 1.00 bits per heavy atom. The highest BCUT2D eigenvalue weighted by molar-refractivity contribution is 5.93. The second-order valence-electron chi connectivity index (χ2n) is 11.5. The van der Waals surface area contributed by atoms with Crippen LogP contribution in [0, 0.1) is 34.5 Å². The summed E-state index contributed by atoms with van der Waals surface area (Å²) < 4.78 is 11.3. The van der Waals surface area contributed by atoms with Gasteiger partial charge in [0, 0.05) is 24.7 Å². The van der Waals surface area contributed by atoms with Gasteiger partial charge in [-0.1, -0.05) is 40.2 Å². The van der Waals surface area contributed by atoms with Crippen LogP contribution in [-0.2, 0) is 28.7 Å². The van der Waals surface area contributed by atoms with Crippen LogP contribution in [0.1, 0.15) is 92.4 Å². The topological polar surface area (TPSA) is 86.7 Å². The molecule has 4 aliphatic carbocycles. The molecule has 4 aliphatic rings. The molecule has 4 rings (SSSR count). The molecule has 0 aliphatic heterocycles. The van der Waals surface area contributed by atoms with Gasteiger partial charge in [0.2, 0.25) is 5.78 Å². The van der Waals surface area contributed by atoms with Crippen LogP contribution in [0.2, 0.25) is 0 Å². The van der Waals surface area contributed by atoms with Crippen LogP contribution in [-0.4, -0.2) is 35.7 Å². The molecule has 7 atom stereocenters. The smallest absolute Gasteiger partial charge is 0.306 e. The number of hydrogen-bond donors (Lipinski definition) is 0. The second-order valence-corrected chi connectivity index (χ2v) is 11.5. The standard InChI is InChI=1S/C28H40O6/c1-6-24(31)33-16-23(30)28(34-25(32)7-2)13-11-21-20-9-8-18-15-19(29)14-17(3)27(18,5)22(20)10-12-26(21,28)4/h15,17,20-22H,6-14,16H2,1-5H3/t17?,20-,21-,22-,26-,27-,28-/m0/s1. The maximum absolute atomic E-state index is 13.6. The number of carbonyl (C=O) groups is 4. The normalized spacial score (nSPS) is 41.0. The summed E-state index contributed by atoms with van der Waals surface area (Å²) in [7, 11) is 0. The Bertz CT molecular complexity index is 920. The lowest BCUT2D eigenvalue weighted by Crippen LogP contribution is -2.60. The molecule has 1 unspecified atom stereocenters. The summed E-state index contributed by atoms with van der Waals surface area (Å²) in [6.45, 7) is 9.79. The summed E-state index contributed by atoms with van der Waals surface area (Å²) in [5.74, 6) is 0.607. The summed E-state index contributed by atoms with van der Waals surface area (Å²) in [6.07, 6.45) is 7.88. The zero-order chi connectivity index (χ0) is 24.9. The van der Waals surface area contributed by atoms with Gasteiger partial charge in [-0.05, 0) is 73.7 Å². The Hall–Kier alpha value is -1.98. The molecule has 0 N–H and O–H groups in total. The van der Waals surface area contributed by atoms with E-state index in [0.29, 0.717) is 30.6 Å². The average molecular weight is 473 g/mol. The fourth-order valence-electron chi connectivity index (χ4n) is 8.25. The van der Waals surface area contributed by atoms with Crippen LogP contribution in [0.5, 0.6) is 0 Å². The Balaban J connectivity index is 1.67. The zero-order valence-electron chi connectivity index (χ0n) is 21.4. The third-order valence-electron chi connectivity index (χ3n) is 10.3. The molecule has 0 aromatic carbocycles. The minimum absolute atomic E-state index is 0.00413. The Kier molecular flexibility index (Phi) is 6.58. The largest absolute Gasteiger partial charge is 0.457 e. The number of ether oxygens (including phenoxy) is 2. The summed E-state index contributed by atoms with van der Waals surface area (Å²) in [4.78, 5) is 50.3. The van der Waals surface area contributed by atoms with Gasteiger partial charge in [0.15, 0.2) is 18.0 Å². The Morgan fingerprint density at radius 3 is 2.35 bits per heavy atom. The monoisotopic (exact) mass is 472 g/mol. The first-order valence-corrected chi connectivity index (χ1v) is 13.2. The molecule has 0 radical (unpaired) electrons. The van der Waals surface area contributed by atoms with Gasteiger partial charge in [0.1, 0.15) is 0 Å². The van der Waals surface area contributed by atoms with Gasteiger partial charge in [0.05, 0.1) is 0 Å². The third-order valence-corrected chi connectivity index (χ3v) is 10.3. The number of fused-ring (bicyclic) bond motifs is 5. The van der Waals surface area contributed by atoms with E-state index in [-0.39, 0.29) is 48.3 Å². The van der Waals surface area contributed by atoms with Gasteiger partial charge >= 0.3 is 11.9 Å². The van der Waals surface area contributed by atoms with Crippen molar-refractivity contribution in [2.45, 2.75) is 98.0 Å². The van der Waals surface area contributed by atoms with Crippen LogP contribution in [0.25, 0.3) is 0 Å². The van der Waals surface area contributed by atoms with E-state index in [9.17, 15) is 19.2 Å². The molecule has 3 saturated carbocycles. The molecule has 0 bridgehead atoms. The lowest BCUT2D eigenvalue weighted by Gasteiger charge is -2.60. The van der Waals surface area contributed by atoms with Crippen LogP contribution in [0.15, 0.2) is 11.6 Å². The maximum atomic E-state index is 13.6. The van der Waals surface area contributed by atoms with E-state index in [4.69, 9.17) is 9.47 Å². The first-order chi connectivity index (χ1) is 16.0. The molecule has 0 amide bonds. The van der Waals surface area contributed by atoms with Gasteiger partial charge < -0.3 is 9.47 Å². The molecule has 0 aromatic heterocycles. The number of rotatable bonds is 6. The molecule has 0 spiro atoms. The lowest BCUT2D eigenvalue weighted by molar-refractivity contribution is -0.193. The Morgan fingerprint density at radius 2 is 1.68 bits per heavy atom. The van der Waals surface area contributed by atoms with Crippen molar-refractivity contribution in [2.75, 3.05) is 6.61 Å². The molecule has 188 valence electrons. The van der Waals surface area contributed by atoms with Gasteiger partial charge in [-0.15, -0.1) is 0 Å². The maximum Gasteiger partial charge on any atom is 0.306 e. The van der Waals surface area contributed by atoms with Gasteiger partial charge in [-0.2, -0.15) is 0 Å². The number of allylic oxidation sites excluding steroid dienone is 1. The molecular weight excluding hydrogens is 432 g/mol. The molecule has 3 fully saturated rings. The van der Waals surface area contributed by atoms with Gasteiger partial charge in [-0.3, -0.25) is 19.2 Å². The Labute approximate surface area is 203 Å². The van der Waals surface area contributed by atoms with E-state index in [1.807, 2.05) is 6.08 Å². The zero-order valence-corrected chi connectivity index (χ0v) is 21.4. The number of ketones is 2. The minimum Gasteiger partial charge on any atom is -0.457 e. The lowest BCUT2D eigenvalue weighted by atomic mass is 9.44. The quantitative estimate of drug-likeness (QED) is 0.507. The van der Waals surface area contributed by atoms with Crippen molar-refractivity contribution in [1.29, 1.82) is 0 Å². The van der Waals surface area contributed by atoms with E-state index >= 15 is 0 Å². The molecule has 34 heavy (non-hydrogen) atoms. The average Bonchev–Trinajstić information content (AvgIpc) is 3.11. The van der Waals surface area contributed by atoms with Crippen LogP contribution in [0.3, 0.4) is 0 Å². The summed E-state index contributed by atoms with van der Waals surface area (Å²) in [5, 5.41) is 0. The first kappa shape index (κ1) is 25.1. The van der Waals surface area contributed by atoms with Crippen LogP contribution in [0.4, 0.5) is 0 Å². The predicted octanol–water partition coefficient (Wildman–Crippen LogP) is 4.98. The molecule has 0 saturated heterocycles. The van der Waals surface area contributed by atoms with Crippen LogP contribution >= 0.6 is 0 Å². The van der Waals surface area contributed by atoms with Gasteiger partial charge in [0.25, 0.3) is 0 Å². The number of carbonyl (C=O) groups excluding carboxylic acids is 4. The summed E-state index contributed by atoms with van der Waals surface area (Å²) in [6, 6.07) is 0. The van der Waals surface area contributed by atoms with E-state index < -0.39 is 17.0 Å². The van der Waals surface area contributed by atoms with Crippen molar-refractivity contribution in [1.82, 2.24) is 0 Å². The highest BCUT2D eigenvalue weighted by Gasteiger charge is 2.69. The highest BCUT2D eigenvalue weighted by atomic mass is 16.6. The fraction of sp³-hybridized carbons (Fsp3) is 0.786. The SMILES string of the molecule is CCC(=O)OCC(=O)[C@@]1(OC(=O)CC)CC[C@H]2[C@@H]3CCC4=CC(=O)CC(C)[C@]4(C)[C@H]3CC[C@@]21C. The van der Waals surface area contributed by atoms with E-state index in [1.165, 1.54) is 5.57 Å². The van der Waals surface area contributed by atoms with Crippen molar-refractivity contribution >= 4 is 23.5 Å². The molecule has 0 heterocycles. The summed E-state index contributed by atoms with van der Waals surface area (Å²) >= 11 is 0.